The molecule has 0 aliphatic carbocycles. The molecule has 0 bridgehead atoms. The van der Waals surface area contributed by atoms with Crippen LogP contribution in [0.1, 0.15) is 21.7 Å². The topological polar surface area (TPSA) is 33.5 Å². The monoisotopic (exact) mass is 307 g/mol. The highest BCUT2D eigenvalue weighted by Crippen LogP contribution is 2.15. The highest BCUT2D eigenvalue weighted by atomic mass is 79.9. The third-order valence-corrected chi connectivity index (χ3v) is 3.30. The molecule has 1 heterocycles. The normalized spacial score (nSPS) is 10.4. The Kier molecular flexibility index (Phi) is 3.87. The number of benzene rings is 1. The molecule has 0 atom stereocenters. The first-order valence-corrected chi connectivity index (χ1v) is 6.41. The van der Waals surface area contributed by atoms with E-state index in [1.54, 1.807) is 24.9 Å². The molecule has 2 aromatic rings. The SMILES string of the molecule is Cc1occc1C(=O)N(C)Cc1ccc(Br)cc1. The van der Waals surface area contributed by atoms with Gasteiger partial charge in [0, 0.05) is 18.1 Å². The number of furan rings is 1. The van der Waals surface area contributed by atoms with Gasteiger partial charge in [-0.1, -0.05) is 28.1 Å². The Hall–Kier alpha value is -1.55. The summed E-state index contributed by atoms with van der Waals surface area (Å²) in [7, 11) is 1.79. The van der Waals surface area contributed by atoms with Crippen molar-refractivity contribution in [3.05, 3.63) is 58.0 Å². The first-order chi connectivity index (χ1) is 8.58. The van der Waals surface area contributed by atoms with Gasteiger partial charge in [-0.15, -0.1) is 0 Å². The van der Waals surface area contributed by atoms with E-state index in [1.807, 2.05) is 24.3 Å². The van der Waals surface area contributed by atoms with Crippen LogP contribution in [0.2, 0.25) is 0 Å². The van der Waals surface area contributed by atoms with Gasteiger partial charge in [0.2, 0.25) is 0 Å². The summed E-state index contributed by atoms with van der Waals surface area (Å²) < 4.78 is 6.18. The van der Waals surface area contributed by atoms with Crippen molar-refractivity contribution >= 4 is 21.8 Å². The largest absolute Gasteiger partial charge is 0.469 e. The summed E-state index contributed by atoms with van der Waals surface area (Å²) in [6.07, 6.45) is 1.54. The van der Waals surface area contributed by atoms with Crippen LogP contribution >= 0.6 is 15.9 Å². The molecular weight excluding hydrogens is 294 g/mol. The Morgan fingerprint density at radius 2 is 1.94 bits per heavy atom. The van der Waals surface area contributed by atoms with Gasteiger partial charge in [0.05, 0.1) is 11.8 Å². The zero-order chi connectivity index (χ0) is 13.1. The molecule has 0 spiro atoms. The van der Waals surface area contributed by atoms with E-state index in [0.29, 0.717) is 17.9 Å². The predicted octanol–water partition coefficient (Wildman–Crippen LogP) is 3.62. The number of carbonyl (C=O) groups is 1. The van der Waals surface area contributed by atoms with Crippen LogP contribution in [0.15, 0.2) is 45.5 Å². The first kappa shape index (κ1) is 12.9. The zero-order valence-corrected chi connectivity index (χ0v) is 11.9. The Bertz CT molecular complexity index is 545. The summed E-state index contributed by atoms with van der Waals surface area (Å²) in [6.45, 7) is 2.37. The van der Waals surface area contributed by atoms with Gasteiger partial charge in [-0.25, -0.2) is 0 Å². The standard InChI is InChI=1S/C14H14BrNO2/c1-10-13(7-8-18-10)14(17)16(2)9-11-3-5-12(15)6-4-11/h3-8H,9H2,1-2H3. The molecule has 3 nitrogen and oxygen atoms in total. The summed E-state index contributed by atoms with van der Waals surface area (Å²) in [5.74, 6) is 0.631. The molecule has 0 saturated carbocycles. The second-order valence-electron chi connectivity index (χ2n) is 4.18. The lowest BCUT2D eigenvalue weighted by Gasteiger charge is -2.16. The predicted molar refractivity (Wildman–Crippen MR) is 73.4 cm³/mol. The molecule has 0 N–H and O–H groups in total. The van der Waals surface area contributed by atoms with Crippen LogP contribution in [0.25, 0.3) is 0 Å². The minimum atomic E-state index is -0.0239. The molecule has 0 aliphatic rings. The third-order valence-electron chi connectivity index (χ3n) is 2.77. The van der Waals surface area contributed by atoms with Gasteiger partial charge in [0.15, 0.2) is 0 Å². The zero-order valence-electron chi connectivity index (χ0n) is 10.3. The summed E-state index contributed by atoms with van der Waals surface area (Å²) in [6, 6.07) is 9.63. The highest BCUT2D eigenvalue weighted by molar-refractivity contribution is 9.10. The molecule has 2 rings (SSSR count). The number of nitrogens with zero attached hydrogens (tertiary/aromatic N) is 1. The summed E-state index contributed by atoms with van der Waals surface area (Å²) in [5, 5.41) is 0. The van der Waals surface area contributed by atoms with Gasteiger partial charge < -0.3 is 9.32 Å². The highest BCUT2D eigenvalue weighted by Gasteiger charge is 2.16. The van der Waals surface area contributed by atoms with Crippen LogP contribution < -0.4 is 0 Å². The van der Waals surface area contributed by atoms with Crippen LogP contribution in [-0.4, -0.2) is 17.9 Å². The maximum atomic E-state index is 12.2. The Labute approximate surface area is 115 Å². The lowest BCUT2D eigenvalue weighted by atomic mass is 10.2. The number of amides is 1. The maximum absolute atomic E-state index is 12.2. The van der Waals surface area contributed by atoms with Crippen LogP contribution in [-0.2, 0) is 6.54 Å². The summed E-state index contributed by atoms with van der Waals surface area (Å²) >= 11 is 3.39. The Morgan fingerprint density at radius 3 is 2.50 bits per heavy atom. The lowest BCUT2D eigenvalue weighted by Crippen LogP contribution is -2.26. The number of hydrogen-bond donors (Lipinski definition) is 0. The van der Waals surface area contributed by atoms with E-state index in [1.165, 1.54) is 6.26 Å². The number of aryl methyl sites for hydroxylation is 1. The fraction of sp³-hybridized carbons (Fsp3) is 0.214. The van der Waals surface area contributed by atoms with Crippen molar-refractivity contribution in [2.45, 2.75) is 13.5 Å². The molecule has 0 radical (unpaired) electrons. The van der Waals surface area contributed by atoms with E-state index in [4.69, 9.17) is 4.42 Å². The summed E-state index contributed by atoms with van der Waals surface area (Å²) in [4.78, 5) is 13.8. The molecule has 0 saturated heterocycles. The quantitative estimate of drug-likeness (QED) is 0.867. The van der Waals surface area contributed by atoms with Crippen LogP contribution in [0.4, 0.5) is 0 Å². The minimum absolute atomic E-state index is 0.0239. The number of rotatable bonds is 3. The number of carbonyl (C=O) groups excluding carboxylic acids is 1. The van der Waals surface area contributed by atoms with E-state index in [9.17, 15) is 4.79 Å². The Balaban J connectivity index is 2.08. The van der Waals surface area contributed by atoms with Gasteiger partial charge in [0.25, 0.3) is 5.91 Å². The fourth-order valence-corrected chi connectivity index (χ4v) is 2.01. The average molecular weight is 308 g/mol. The molecule has 0 unspecified atom stereocenters. The van der Waals surface area contributed by atoms with Crippen molar-refractivity contribution in [2.75, 3.05) is 7.05 Å². The molecule has 18 heavy (non-hydrogen) atoms. The van der Waals surface area contributed by atoms with Gasteiger partial charge in [-0.05, 0) is 30.7 Å². The second-order valence-corrected chi connectivity index (χ2v) is 5.09. The van der Waals surface area contributed by atoms with Crippen molar-refractivity contribution in [1.29, 1.82) is 0 Å². The van der Waals surface area contributed by atoms with E-state index < -0.39 is 0 Å². The van der Waals surface area contributed by atoms with Crippen LogP contribution in [0, 0.1) is 6.92 Å². The van der Waals surface area contributed by atoms with Gasteiger partial charge in [-0.2, -0.15) is 0 Å². The van der Waals surface area contributed by atoms with Crippen molar-refractivity contribution < 1.29 is 9.21 Å². The maximum Gasteiger partial charge on any atom is 0.257 e. The van der Waals surface area contributed by atoms with Crippen molar-refractivity contribution in [3.8, 4) is 0 Å². The van der Waals surface area contributed by atoms with E-state index in [2.05, 4.69) is 15.9 Å². The first-order valence-electron chi connectivity index (χ1n) is 5.62. The van der Waals surface area contributed by atoms with Crippen LogP contribution in [0.5, 0.6) is 0 Å². The van der Waals surface area contributed by atoms with Crippen LogP contribution in [0.3, 0.4) is 0 Å². The molecule has 94 valence electrons. The smallest absolute Gasteiger partial charge is 0.257 e. The molecular formula is C14H14BrNO2. The van der Waals surface area contributed by atoms with Crippen molar-refractivity contribution in [3.63, 3.8) is 0 Å². The van der Waals surface area contributed by atoms with E-state index >= 15 is 0 Å². The van der Waals surface area contributed by atoms with Crippen molar-refractivity contribution in [1.82, 2.24) is 4.90 Å². The number of hydrogen-bond acceptors (Lipinski definition) is 2. The molecule has 4 heteroatoms. The van der Waals surface area contributed by atoms with Crippen molar-refractivity contribution in [2.24, 2.45) is 0 Å². The van der Waals surface area contributed by atoms with E-state index in [-0.39, 0.29) is 5.91 Å². The molecule has 0 fully saturated rings. The van der Waals surface area contributed by atoms with Gasteiger partial charge in [-0.3, -0.25) is 4.79 Å². The molecule has 1 amide bonds. The Morgan fingerprint density at radius 1 is 1.28 bits per heavy atom. The summed E-state index contributed by atoms with van der Waals surface area (Å²) in [5.41, 5.74) is 1.71. The van der Waals surface area contributed by atoms with Gasteiger partial charge >= 0.3 is 0 Å². The van der Waals surface area contributed by atoms with Gasteiger partial charge in [0.1, 0.15) is 5.76 Å². The molecule has 1 aromatic heterocycles. The third kappa shape index (κ3) is 2.82. The molecule has 0 aliphatic heterocycles. The number of halogens is 1. The second kappa shape index (κ2) is 5.40. The molecule has 1 aromatic carbocycles. The average Bonchev–Trinajstić information content (AvgIpc) is 2.77. The van der Waals surface area contributed by atoms with E-state index in [0.717, 1.165) is 10.0 Å². The fourth-order valence-electron chi connectivity index (χ4n) is 1.75. The minimum Gasteiger partial charge on any atom is -0.469 e. The lowest BCUT2D eigenvalue weighted by molar-refractivity contribution is 0.0783.